The Labute approximate surface area is 263 Å². The molecule has 1 aromatic rings. The van der Waals surface area contributed by atoms with Crippen LogP contribution in [-0.4, -0.2) is 145 Å². The first-order valence-electron chi connectivity index (χ1n) is 15.4. The predicted molar refractivity (Wildman–Crippen MR) is 164 cm³/mol. The van der Waals surface area contributed by atoms with Crippen LogP contribution >= 0.6 is 0 Å². The molecule has 5 atom stereocenters. The summed E-state index contributed by atoms with van der Waals surface area (Å²) in [4.78, 5) is 67.7. The van der Waals surface area contributed by atoms with Gasteiger partial charge in [-0.05, 0) is 43.4 Å². The second-order valence-electron chi connectivity index (χ2n) is 11.6. The topological polar surface area (TPSA) is 199 Å². The molecular formula is C31H48N4O10. The van der Waals surface area contributed by atoms with Crippen molar-refractivity contribution in [3.05, 3.63) is 35.4 Å². The minimum absolute atomic E-state index is 0.00219. The number of rotatable bonds is 14. The maximum Gasteiger partial charge on any atom is 0.335 e. The molecule has 45 heavy (non-hydrogen) atoms. The zero-order valence-electron chi connectivity index (χ0n) is 26.5. The molecule has 0 aromatic heterocycles. The number of carboxylic acids is 5. The van der Waals surface area contributed by atoms with Gasteiger partial charge in [0.05, 0.1) is 25.2 Å². The zero-order chi connectivity index (χ0) is 33.8. The summed E-state index contributed by atoms with van der Waals surface area (Å²) in [5.41, 5.74) is 0.339. The Balaban J connectivity index is 2.80. The Kier molecular flexibility index (Phi) is 14.9. The first kappa shape index (κ1) is 37.6. The van der Waals surface area contributed by atoms with Gasteiger partial charge in [-0.3, -0.25) is 38.8 Å². The van der Waals surface area contributed by atoms with E-state index in [1.54, 1.807) is 19.6 Å². The number of hydrogen-bond donors (Lipinski definition) is 5. The minimum atomic E-state index is -1.24. The van der Waals surface area contributed by atoms with Crippen LogP contribution in [0.2, 0.25) is 0 Å². The molecule has 0 radical (unpaired) electrons. The number of aromatic carboxylic acids is 1. The first-order chi connectivity index (χ1) is 21.3. The van der Waals surface area contributed by atoms with Gasteiger partial charge in [0, 0.05) is 50.3 Å². The summed E-state index contributed by atoms with van der Waals surface area (Å²) >= 11 is 0. The van der Waals surface area contributed by atoms with E-state index in [1.165, 1.54) is 24.3 Å². The Morgan fingerprint density at radius 3 is 1.27 bits per heavy atom. The van der Waals surface area contributed by atoms with E-state index in [2.05, 4.69) is 0 Å². The maximum absolute atomic E-state index is 13.0. The number of carboxylic acid groups (broad SMARTS) is 5. The molecule has 1 fully saturated rings. The van der Waals surface area contributed by atoms with Crippen molar-refractivity contribution in [2.45, 2.75) is 83.6 Å². The second-order valence-corrected chi connectivity index (χ2v) is 11.6. The summed E-state index contributed by atoms with van der Waals surface area (Å²) in [5.74, 6) is -5.53. The lowest BCUT2D eigenvalue weighted by atomic mass is 9.97. The van der Waals surface area contributed by atoms with Crippen molar-refractivity contribution in [3.63, 3.8) is 0 Å². The lowest BCUT2D eigenvalue weighted by Crippen LogP contribution is -2.60. The average molecular weight is 637 g/mol. The molecule has 2 rings (SSSR count). The molecule has 0 amide bonds. The van der Waals surface area contributed by atoms with Crippen molar-refractivity contribution in [1.82, 2.24) is 19.6 Å². The monoisotopic (exact) mass is 636 g/mol. The molecule has 5 N–H and O–H groups in total. The Bertz CT molecular complexity index is 1150. The van der Waals surface area contributed by atoms with Crippen LogP contribution in [0, 0.1) is 0 Å². The largest absolute Gasteiger partial charge is 0.480 e. The number of nitrogens with zero attached hydrogens (tertiary/aromatic N) is 4. The van der Waals surface area contributed by atoms with Crippen LogP contribution in [0.15, 0.2) is 24.3 Å². The smallest absolute Gasteiger partial charge is 0.335 e. The zero-order valence-corrected chi connectivity index (χ0v) is 26.5. The molecule has 1 aromatic carbocycles. The van der Waals surface area contributed by atoms with E-state index in [0.717, 1.165) is 0 Å². The van der Waals surface area contributed by atoms with Crippen molar-refractivity contribution < 1.29 is 49.5 Å². The third-order valence-electron chi connectivity index (χ3n) is 8.71. The van der Waals surface area contributed by atoms with Crippen LogP contribution in [-0.2, 0) is 19.2 Å². The van der Waals surface area contributed by atoms with Gasteiger partial charge in [-0.1, -0.05) is 39.8 Å². The summed E-state index contributed by atoms with van der Waals surface area (Å²) in [7, 11) is 0. The van der Waals surface area contributed by atoms with E-state index in [0.29, 0.717) is 31.2 Å². The number of carbonyl (C=O) groups is 5. The third kappa shape index (κ3) is 10.8. The van der Waals surface area contributed by atoms with Crippen LogP contribution in [0.5, 0.6) is 0 Å². The summed E-state index contributed by atoms with van der Waals surface area (Å²) in [6, 6.07) is 2.64. The van der Waals surface area contributed by atoms with E-state index in [1.807, 2.05) is 27.7 Å². The van der Waals surface area contributed by atoms with Gasteiger partial charge in [-0.25, -0.2) is 4.79 Å². The van der Waals surface area contributed by atoms with Crippen LogP contribution in [0.3, 0.4) is 0 Å². The second kappa shape index (κ2) is 17.8. The molecule has 0 spiro atoms. The Hall–Kier alpha value is -3.59. The van der Waals surface area contributed by atoms with Crippen LogP contribution in [0.25, 0.3) is 0 Å². The fraction of sp³-hybridized carbons (Fsp3) is 0.645. The van der Waals surface area contributed by atoms with Crippen LogP contribution in [0.1, 0.15) is 75.3 Å². The molecule has 1 heterocycles. The maximum atomic E-state index is 13.0. The first-order valence-corrected chi connectivity index (χ1v) is 15.4. The minimum Gasteiger partial charge on any atom is -0.480 e. The molecule has 14 heteroatoms. The Morgan fingerprint density at radius 1 is 0.600 bits per heavy atom. The molecule has 1 aliphatic heterocycles. The fourth-order valence-electron chi connectivity index (χ4n) is 6.33. The molecule has 1 aliphatic rings. The third-order valence-corrected chi connectivity index (χ3v) is 8.71. The van der Waals surface area contributed by atoms with Gasteiger partial charge in [0.2, 0.25) is 0 Å². The van der Waals surface area contributed by atoms with Crippen molar-refractivity contribution in [2.75, 3.05) is 45.8 Å². The van der Waals surface area contributed by atoms with Crippen molar-refractivity contribution in [1.29, 1.82) is 0 Å². The van der Waals surface area contributed by atoms with Crippen molar-refractivity contribution in [2.24, 2.45) is 0 Å². The molecule has 0 bridgehead atoms. The summed E-state index contributed by atoms with van der Waals surface area (Å²) in [6.07, 6.45) is 1.88. The van der Waals surface area contributed by atoms with Gasteiger partial charge in [0.25, 0.3) is 0 Å². The average Bonchev–Trinajstić information content (AvgIpc) is 2.96. The van der Waals surface area contributed by atoms with Gasteiger partial charge in [-0.2, -0.15) is 0 Å². The SMILES string of the molecule is CC[C@@H]1CN(CC(=O)O)[C@H](CC)CN(C(C(=O)O)c2ccc(C(=O)O)cc2)[C@H](CC)CN(CC(=O)O)[C@H](CC)CN1CC(=O)O. The highest BCUT2D eigenvalue weighted by atomic mass is 16.4. The highest BCUT2D eigenvalue weighted by Gasteiger charge is 2.39. The fourth-order valence-corrected chi connectivity index (χ4v) is 6.33. The van der Waals surface area contributed by atoms with Gasteiger partial charge in [0.1, 0.15) is 6.04 Å². The lowest BCUT2D eigenvalue weighted by Gasteiger charge is -2.46. The summed E-state index contributed by atoms with van der Waals surface area (Å²) in [5, 5.41) is 49.5. The molecule has 1 saturated heterocycles. The van der Waals surface area contributed by atoms with E-state index < -0.39 is 54.0 Å². The van der Waals surface area contributed by atoms with Crippen molar-refractivity contribution >= 4 is 29.8 Å². The van der Waals surface area contributed by atoms with E-state index >= 15 is 0 Å². The summed E-state index contributed by atoms with van der Waals surface area (Å²) < 4.78 is 0. The van der Waals surface area contributed by atoms with Gasteiger partial charge < -0.3 is 25.5 Å². The number of aliphatic carboxylic acids is 4. The highest BCUT2D eigenvalue weighted by Crippen LogP contribution is 2.29. The lowest BCUT2D eigenvalue weighted by molar-refractivity contribution is -0.148. The van der Waals surface area contributed by atoms with Gasteiger partial charge in [-0.15, -0.1) is 0 Å². The predicted octanol–water partition coefficient (Wildman–Crippen LogP) is 2.10. The number of hydrogen-bond acceptors (Lipinski definition) is 9. The van der Waals surface area contributed by atoms with E-state index in [9.17, 15) is 49.5 Å². The highest BCUT2D eigenvalue weighted by molar-refractivity contribution is 5.87. The van der Waals surface area contributed by atoms with Gasteiger partial charge in [0.15, 0.2) is 0 Å². The standard InChI is InChI=1S/C31H48N4O10/c1-5-22-14-33(18-27(38)39)24(7-3)16-35(29(31(44)45)20-9-11-21(12-10-20)30(42)43)25(8-4)15-34(19-28(40)41)23(6-2)13-32(22)17-26(36)37/h9-12,22-25,29H,5-8,13-19H2,1-4H3,(H,36,37)(H,38,39)(H,40,41)(H,42,43)(H,44,45)/t22-,23-,24-,25-,29?/m1/s1. The van der Waals surface area contributed by atoms with Crippen LogP contribution < -0.4 is 0 Å². The molecule has 0 saturated carbocycles. The molecule has 14 nitrogen and oxygen atoms in total. The quantitative estimate of drug-likeness (QED) is 0.199. The van der Waals surface area contributed by atoms with Gasteiger partial charge >= 0.3 is 29.8 Å². The molecule has 0 aliphatic carbocycles. The normalized spacial score (nSPS) is 23.8. The number of benzene rings is 1. The molecule has 1 unspecified atom stereocenters. The Morgan fingerprint density at radius 2 is 0.956 bits per heavy atom. The summed E-state index contributed by atoms with van der Waals surface area (Å²) in [6.45, 7) is 7.25. The molecular weight excluding hydrogens is 588 g/mol. The van der Waals surface area contributed by atoms with E-state index in [4.69, 9.17) is 0 Å². The van der Waals surface area contributed by atoms with E-state index in [-0.39, 0.29) is 57.4 Å². The molecule has 252 valence electrons. The van der Waals surface area contributed by atoms with Crippen LogP contribution in [0.4, 0.5) is 0 Å². The van der Waals surface area contributed by atoms with Crippen molar-refractivity contribution in [3.8, 4) is 0 Å².